The van der Waals surface area contributed by atoms with Crippen LogP contribution in [0.15, 0.2) is 84.9 Å². The van der Waals surface area contributed by atoms with E-state index in [0.29, 0.717) is 11.8 Å². The monoisotopic (exact) mass is 386 g/mol. The third-order valence-electron chi connectivity index (χ3n) is 8.57. The molecule has 2 spiro atoms. The molecular weight excluding hydrogens is 368 g/mol. The van der Waals surface area contributed by atoms with E-state index in [2.05, 4.69) is 84.9 Å². The van der Waals surface area contributed by atoms with E-state index in [1.54, 1.807) is 0 Å². The summed E-state index contributed by atoms with van der Waals surface area (Å²) < 4.78 is 14.1. The predicted molar refractivity (Wildman–Crippen MR) is 115 cm³/mol. The summed E-state index contributed by atoms with van der Waals surface area (Å²) in [7, 11) is 0. The molecule has 9 rings (SSSR count). The molecular formula is C28H18O2. The van der Waals surface area contributed by atoms with Crippen LogP contribution in [0.1, 0.15) is 28.4 Å². The van der Waals surface area contributed by atoms with E-state index >= 15 is 0 Å². The Labute approximate surface area is 173 Å². The van der Waals surface area contributed by atoms with Crippen LogP contribution in [-0.4, -0.2) is 6.10 Å². The lowest BCUT2D eigenvalue weighted by Gasteiger charge is -2.47. The quantitative estimate of drug-likeness (QED) is 0.359. The lowest BCUT2D eigenvalue weighted by molar-refractivity contribution is -0.0921. The van der Waals surface area contributed by atoms with Crippen LogP contribution in [0.5, 0.6) is 0 Å². The van der Waals surface area contributed by atoms with E-state index in [4.69, 9.17) is 9.47 Å². The lowest BCUT2D eigenvalue weighted by atomic mass is 9.54. The minimum atomic E-state index is -0.429. The summed E-state index contributed by atoms with van der Waals surface area (Å²) in [5.74, 6) is 0.649. The van der Waals surface area contributed by atoms with Crippen molar-refractivity contribution in [3.05, 3.63) is 107 Å². The molecule has 2 fully saturated rings. The molecule has 0 amide bonds. The minimum absolute atomic E-state index is 0.0810. The average Bonchev–Trinajstić information content (AvgIpc) is 3.54. The minimum Gasteiger partial charge on any atom is -0.358 e. The molecule has 4 aliphatic heterocycles. The molecule has 30 heavy (non-hydrogen) atoms. The molecule has 0 unspecified atom stereocenters. The van der Waals surface area contributed by atoms with Crippen LogP contribution < -0.4 is 0 Å². The first-order chi connectivity index (χ1) is 14.8. The molecule has 5 aliphatic rings. The highest BCUT2D eigenvalue weighted by Gasteiger charge is 2.77. The first kappa shape index (κ1) is 15.0. The fourth-order valence-corrected chi connectivity index (χ4v) is 7.75. The van der Waals surface area contributed by atoms with Gasteiger partial charge in [0.25, 0.3) is 0 Å². The zero-order chi connectivity index (χ0) is 19.2. The Balaban J connectivity index is 1.52. The summed E-state index contributed by atoms with van der Waals surface area (Å²) in [5, 5.41) is 5.23. The van der Waals surface area contributed by atoms with Crippen molar-refractivity contribution in [2.75, 3.05) is 0 Å². The van der Waals surface area contributed by atoms with Crippen molar-refractivity contribution in [1.82, 2.24) is 0 Å². The third kappa shape index (κ3) is 1.27. The Kier molecular flexibility index (Phi) is 2.19. The van der Waals surface area contributed by atoms with Gasteiger partial charge >= 0.3 is 0 Å². The molecule has 0 saturated carbocycles. The van der Waals surface area contributed by atoms with Crippen molar-refractivity contribution in [3.8, 4) is 0 Å². The molecule has 0 aromatic heterocycles. The van der Waals surface area contributed by atoms with Gasteiger partial charge in [0.2, 0.25) is 0 Å². The molecule has 4 bridgehead atoms. The molecule has 2 saturated heterocycles. The summed E-state index contributed by atoms with van der Waals surface area (Å²) in [6.07, 6.45) is 4.85. The Morgan fingerprint density at radius 3 is 2.47 bits per heavy atom. The lowest BCUT2D eigenvalue weighted by Crippen LogP contribution is -2.49. The SMILES string of the molecule is C1=C[C@]23O[C@@H]1[C@@H]1[C@@H]4O[C@](c5ccc6ccccc6c54)(c4cccc5cccc2c45)[C@@H]13. The number of hydrogen-bond acceptors (Lipinski definition) is 2. The van der Waals surface area contributed by atoms with Crippen LogP contribution in [0.3, 0.4) is 0 Å². The van der Waals surface area contributed by atoms with Gasteiger partial charge in [0.15, 0.2) is 0 Å². The average molecular weight is 386 g/mol. The zero-order valence-corrected chi connectivity index (χ0v) is 16.2. The molecule has 4 aromatic rings. The van der Waals surface area contributed by atoms with Crippen molar-refractivity contribution >= 4 is 21.5 Å². The normalized spacial score (nSPS) is 37.9. The maximum absolute atomic E-state index is 7.18. The summed E-state index contributed by atoms with van der Waals surface area (Å²) in [6.45, 7) is 0. The van der Waals surface area contributed by atoms with Crippen LogP contribution in [0.2, 0.25) is 0 Å². The third-order valence-corrected chi connectivity index (χ3v) is 8.57. The Hall–Kier alpha value is -2.94. The van der Waals surface area contributed by atoms with E-state index < -0.39 is 5.60 Å². The maximum Gasteiger partial charge on any atom is 0.127 e. The van der Waals surface area contributed by atoms with E-state index in [9.17, 15) is 0 Å². The summed E-state index contributed by atoms with van der Waals surface area (Å²) in [5.41, 5.74) is 4.61. The number of benzene rings is 4. The molecule has 0 radical (unpaired) electrons. The predicted octanol–water partition coefficient (Wildman–Crippen LogP) is 5.73. The van der Waals surface area contributed by atoms with Gasteiger partial charge in [-0.3, -0.25) is 0 Å². The van der Waals surface area contributed by atoms with Crippen molar-refractivity contribution in [3.63, 3.8) is 0 Å². The van der Waals surface area contributed by atoms with E-state index in [1.807, 2.05) is 0 Å². The summed E-state index contributed by atoms with van der Waals surface area (Å²) in [6, 6.07) is 26.8. The smallest absolute Gasteiger partial charge is 0.127 e. The van der Waals surface area contributed by atoms with E-state index in [-0.39, 0.29) is 17.8 Å². The second kappa shape index (κ2) is 4.39. The Morgan fingerprint density at radius 1 is 0.700 bits per heavy atom. The topological polar surface area (TPSA) is 18.5 Å². The molecule has 2 heteroatoms. The van der Waals surface area contributed by atoms with Gasteiger partial charge in [-0.2, -0.15) is 0 Å². The van der Waals surface area contributed by atoms with Gasteiger partial charge in [-0.25, -0.2) is 0 Å². The first-order valence-electron chi connectivity index (χ1n) is 10.9. The molecule has 4 aromatic carbocycles. The van der Waals surface area contributed by atoms with Crippen molar-refractivity contribution < 1.29 is 9.47 Å². The highest BCUT2D eigenvalue weighted by molar-refractivity contribution is 5.95. The summed E-state index contributed by atoms with van der Waals surface area (Å²) in [4.78, 5) is 0. The van der Waals surface area contributed by atoms with Gasteiger partial charge in [0.1, 0.15) is 11.2 Å². The number of ether oxygens (including phenoxy) is 2. The van der Waals surface area contributed by atoms with Gasteiger partial charge in [-0.15, -0.1) is 0 Å². The highest BCUT2D eigenvalue weighted by atomic mass is 16.6. The number of rotatable bonds is 0. The van der Waals surface area contributed by atoms with Crippen LogP contribution in [0.25, 0.3) is 21.5 Å². The molecule has 4 heterocycles. The van der Waals surface area contributed by atoms with Crippen LogP contribution in [-0.2, 0) is 20.7 Å². The molecule has 2 nitrogen and oxygen atoms in total. The number of hydrogen-bond donors (Lipinski definition) is 0. The largest absolute Gasteiger partial charge is 0.358 e. The fourth-order valence-electron chi connectivity index (χ4n) is 7.75. The van der Waals surface area contributed by atoms with Gasteiger partial charge in [0.05, 0.1) is 12.2 Å². The van der Waals surface area contributed by atoms with Crippen molar-refractivity contribution in [2.24, 2.45) is 11.8 Å². The van der Waals surface area contributed by atoms with Gasteiger partial charge < -0.3 is 9.47 Å². The molecule has 1 aliphatic carbocycles. The fraction of sp³-hybridized carbons (Fsp3) is 0.214. The molecule has 0 N–H and O–H groups in total. The number of fused-ring (bicyclic) bond motifs is 8. The van der Waals surface area contributed by atoms with Gasteiger partial charge in [-0.1, -0.05) is 78.9 Å². The van der Waals surface area contributed by atoms with Crippen LogP contribution in [0, 0.1) is 11.8 Å². The van der Waals surface area contributed by atoms with Crippen molar-refractivity contribution in [2.45, 2.75) is 23.4 Å². The van der Waals surface area contributed by atoms with Gasteiger partial charge in [0, 0.05) is 11.8 Å². The maximum atomic E-state index is 7.18. The second-order valence-electron chi connectivity index (χ2n) is 9.52. The molecule has 6 atom stereocenters. The Morgan fingerprint density at radius 2 is 1.53 bits per heavy atom. The van der Waals surface area contributed by atoms with Crippen LogP contribution >= 0.6 is 0 Å². The first-order valence-corrected chi connectivity index (χ1v) is 10.9. The standard InChI is InChI=1S/C28H18O2/c1-2-8-17-15(5-1)11-12-20-23(17)25-24-21-13-14-27(29-21)18-9-3-6-16-7-4-10-19(22(16)18)28(20,30-25)26(24)27/h1-14,21,24-26H/t21-,24+,25+,26-,27-,28-/m0/s1. The summed E-state index contributed by atoms with van der Waals surface area (Å²) >= 11 is 0. The van der Waals surface area contributed by atoms with Gasteiger partial charge in [-0.05, 0) is 49.9 Å². The van der Waals surface area contributed by atoms with Crippen LogP contribution in [0.4, 0.5) is 0 Å². The second-order valence-corrected chi connectivity index (χ2v) is 9.52. The zero-order valence-electron chi connectivity index (χ0n) is 16.2. The van der Waals surface area contributed by atoms with Crippen molar-refractivity contribution in [1.29, 1.82) is 0 Å². The highest BCUT2D eigenvalue weighted by Crippen LogP contribution is 2.77. The van der Waals surface area contributed by atoms with E-state index in [1.165, 1.54) is 43.8 Å². The molecule has 142 valence electrons. The van der Waals surface area contributed by atoms with E-state index in [0.717, 1.165) is 0 Å². The Bertz CT molecular complexity index is 1490.